The molecule has 2 rings (SSSR count). The van der Waals surface area contributed by atoms with Crippen molar-refractivity contribution in [2.45, 2.75) is 31.8 Å². The molecule has 1 saturated heterocycles. The Morgan fingerprint density at radius 1 is 1.35 bits per heavy atom. The highest BCUT2D eigenvalue weighted by Crippen LogP contribution is 2.18. The van der Waals surface area contributed by atoms with Crippen LogP contribution in [0.3, 0.4) is 0 Å². The van der Waals surface area contributed by atoms with E-state index in [-0.39, 0.29) is 12.5 Å². The number of hydrogen-bond donors (Lipinski definition) is 1. The van der Waals surface area contributed by atoms with E-state index in [4.69, 9.17) is 5.73 Å². The smallest absolute Gasteiger partial charge is 0.236 e. The number of hydrogen-bond acceptors (Lipinski definition) is 3. The van der Waals surface area contributed by atoms with Crippen molar-refractivity contribution in [1.82, 2.24) is 9.80 Å². The van der Waals surface area contributed by atoms with Gasteiger partial charge in [0.2, 0.25) is 5.91 Å². The van der Waals surface area contributed by atoms with Gasteiger partial charge in [-0.3, -0.25) is 4.79 Å². The molecule has 20 heavy (non-hydrogen) atoms. The number of benzene rings is 1. The van der Waals surface area contributed by atoms with E-state index in [1.807, 2.05) is 11.0 Å². The average Bonchev–Trinajstić information content (AvgIpc) is 2.48. The van der Waals surface area contributed by atoms with Gasteiger partial charge in [0, 0.05) is 25.7 Å². The van der Waals surface area contributed by atoms with E-state index in [9.17, 15) is 4.79 Å². The zero-order valence-electron chi connectivity index (χ0n) is 12.3. The highest BCUT2D eigenvalue weighted by Gasteiger charge is 2.26. The summed E-state index contributed by atoms with van der Waals surface area (Å²) in [4.78, 5) is 16.2. The third kappa shape index (κ3) is 4.05. The normalized spacial score (nSPS) is 19.4. The van der Waals surface area contributed by atoms with Crippen LogP contribution in [0.25, 0.3) is 0 Å². The summed E-state index contributed by atoms with van der Waals surface area (Å²) in [6, 6.07) is 10.8. The minimum atomic E-state index is 0.0859. The topological polar surface area (TPSA) is 49.6 Å². The Bertz CT molecular complexity index is 421. The molecule has 2 N–H and O–H groups in total. The fourth-order valence-electron chi connectivity index (χ4n) is 2.96. The second kappa shape index (κ2) is 7.41. The van der Waals surface area contributed by atoms with Crippen LogP contribution in [0.5, 0.6) is 0 Å². The largest absolute Gasteiger partial charge is 0.337 e. The Hall–Kier alpha value is -1.39. The first kappa shape index (κ1) is 15.0. The van der Waals surface area contributed by atoms with Gasteiger partial charge >= 0.3 is 0 Å². The van der Waals surface area contributed by atoms with Crippen LogP contribution >= 0.6 is 0 Å². The van der Waals surface area contributed by atoms with Gasteiger partial charge in [0.1, 0.15) is 0 Å². The Morgan fingerprint density at radius 2 is 2.10 bits per heavy atom. The van der Waals surface area contributed by atoms with E-state index in [1.165, 1.54) is 12.0 Å². The molecule has 1 fully saturated rings. The lowest BCUT2D eigenvalue weighted by Gasteiger charge is -2.37. The molecule has 0 saturated carbocycles. The standard InChI is InChI=1S/C16H25N3O/c1-18(12-14-7-3-2-4-8-14)13-15-9-5-6-10-19(15)16(20)11-17/h2-4,7-8,15H,5-6,9-13,17H2,1H3. The SMILES string of the molecule is CN(Cc1ccccc1)CC1CCCCN1C(=O)CN. The van der Waals surface area contributed by atoms with Crippen LogP contribution in [0.2, 0.25) is 0 Å². The molecule has 1 aromatic carbocycles. The van der Waals surface area contributed by atoms with Gasteiger partial charge in [-0.25, -0.2) is 0 Å². The molecule has 1 atom stereocenters. The second-order valence-corrected chi connectivity index (χ2v) is 5.62. The van der Waals surface area contributed by atoms with Crippen LogP contribution in [0.1, 0.15) is 24.8 Å². The summed E-state index contributed by atoms with van der Waals surface area (Å²) < 4.78 is 0. The zero-order valence-corrected chi connectivity index (χ0v) is 12.3. The summed E-state index contributed by atoms with van der Waals surface area (Å²) in [6.45, 7) is 2.82. The van der Waals surface area contributed by atoms with E-state index in [0.29, 0.717) is 6.04 Å². The maximum atomic E-state index is 11.9. The molecule has 0 aliphatic carbocycles. The number of rotatable bonds is 5. The van der Waals surface area contributed by atoms with Gasteiger partial charge < -0.3 is 15.5 Å². The molecule has 1 aromatic rings. The predicted molar refractivity (Wildman–Crippen MR) is 81.2 cm³/mol. The number of amides is 1. The van der Waals surface area contributed by atoms with Crippen LogP contribution in [-0.2, 0) is 11.3 Å². The van der Waals surface area contributed by atoms with Gasteiger partial charge in [0.15, 0.2) is 0 Å². The molecule has 110 valence electrons. The molecule has 0 spiro atoms. The number of carbonyl (C=O) groups excluding carboxylic acids is 1. The van der Waals surface area contributed by atoms with Crippen molar-refractivity contribution >= 4 is 5.91 Å². The average molecular weight is 275 g/mol. The third-order valence-electron chi connectivity index (χ3n) is 3.94. The molecular weight excluding hydrogens is 250 g/mol. The van der Waals surface area contributed by atoms with E-state index < -0.39 is 0 Å². The zero-order chi connectivity index (χ0) is 14.4. The van der Waals surface area contributed by atoms with Crippen molar-refractivity contribution < 1.29 is 4.79 Å². The van der Waals surface area contributed by atoms with Gasteiger partial charge in [0.05, 0.1) is 6.54 Å². The van der Waals surface area contributed by atoms with Gasteiger partial charge in [-0.1, -0.05) is 30.3 Å². The first-order chi connectivity index (χ1) is 9.70. The molecule has 1 unspecified atom stereocenters. The van der Waals surface area contributed by atoms with E-state index >= 15 is 0 Å². The lowest BCUT2D eigenvalue weighted by atomic mass is 10.0. The quantitative estimate of drug-likeness (QED) is 0.885. The van der Waals surface area contributed by atoms with Gasteiger partial charge in [-0.15, -0.1) is 0 Å². The molecule has 4 heteroatoms. The molecule has 0 bridgehead atoms. The molecule has 1 heterocycles. The van der Waals surface area contributed by atoms with Crippen LogP contribution < -0.4 is 5.73 Å². The lowest BCUT2D eigenvalue weighted by molar-refractivity contribution is -0.133. The van der Waals surface area contributed by atoms with E-state index in [1.54, 1.807) is 0 Å². The van der Waals surface area contributed by atoms with E-state index in [0.717, 1.165) is 32.5 Å². The number of nitrogens with zero attached hydrogens (tertiary/aromatic N) is 2. The summed E-state index contributed by atoms with van der Waals surface area (Å²) in [6.07, 6.45) is 3.40. The highest BCUT2D eigenvalue weighted by atomic mass is 16.2. The van der Waals surface area contributed by atoms with Crippen molar-refractivity contribution in [3.63, 3.8) is 0 Å². The maximum Gasteiger partial charge on any atom is 0.236 e. The first-order valence-electron chi connectivity index (χ1n) is 7.42. The molecule has 1 amide bonds. The Morgan fingerprint density at radius 3 is 2.80 bits per heavy atom. The summed E-state index contributed by atoms with van der Waals surface area (Å²) in [7, 11) is 2.12. The fraction of sp³-hybridized carbons (Fsp3) is 0.562. The summed E-state index contributed by atoms with van der Waals surface area (Å²) in [5, 5.41) is 0. The molecule has 0 radical (unpaired) electrons. The van der Waals surface area contributed by atoms with Crippen molar-refractivity contribution in [3.05, 3.63) is 35.9 Å². The number of likely N-dealkylation sites (tertiary alicyclic amines) is 1. The highest BCUT2D eigenvalue weighted by molar-refractivity contribution is 5.78. The predicted octanol–water partition coefficient (Wildman–Crippen LogP) is 1.46. The number of nitrogens with two attached hydrogens (primary N) is 1. The van der Waals surface area contributed by atoms with Crippen LogP contribution in [0.15, 0.2) is 30.3 Å². The molecule has 1 aliphatic rings. The minimum absolute atomic E-state index is 0.0859. The Balaban J connectivity index is 1.91. The molecular formula is C16H25N3O. The van der Waals surface area contributed by atoms with E-state index in [2.05, 4.69) is 36.2 Å². The minimum Gasteiger partial charge on any atom is -0.337 e. The fourth-order valence-corrected chi connectivity index (χ4v) is 2.96. The number of carbonyl (C=O) groups is 1. The van der Waals surface area contributed by atoms with Crippen molar-refractivity contribution in [1.29, 1.82) is 0 Å². The monoisotopic (exact) mass is 275 g/mol. The third-order valence-corrected chi connectivity index (χ3v) is 3.94. The van der Waals surface area contributed by atoms with Crippen LogP contribution in [-0.4, -0.2) is 48.4 Å². The Kier molecular flexibility index (Phi) is 5.56. The lowest BCUT2D eigenvalue weighted by Crippen LogP contribution is -2.50. The molecule has 4 nitrogen and oxygen atoms in total. The maximum absolute atomic E-state index is 11.9. The molecule has 1 aliphatic heterocycles. The Labute approximate surface area is 121 Å². The number of likely N-dealkylation sites (N-methyl/N-ethyl adjacent to an activating group) is 1. The van der Waals surface area contributed by atoms with Gasteiger partial charge in [-0.2, -0.15) is 0 Å². The van der Waals surface area contributed by atoms with Crippen molar-refractivity contribution in [2.75, 3.05) is 26.7 Å². The number of piperidine rings is 1. The van der Waals surface area contributed by atoms with Crippen LogP contribution in [0.4, 0.5) is 0 Å². The van der Waals surface area contributed by atoms with Gasteiger partial charge in [-0.05, 0) is 31.9 Å². The van der Waals surface area contributed by atoms with Crippen LogP contribution in [0, 0.1) is 0 Å². The molecule has 0 aromatic heterocycles. The van der Waals surface area contributed by atoms with Gasteiger partial charge in [0.25, 0.3) is 0 Å². The summed E-state index contributed by atoms with van der Waals surface area (Å²) in [5.41, 5.74) is 6.82. The summed E-state index contributed by atoms with van der Waals surface area (Å²) in [5.74, 6) is 0.0859. The van der Waals surface area contributed by atoms with Crippen molar-refractivity contribution in [2.24, 2.45) is 5.73 Å². The first-order valence-corrected chi connectivity index (χ1v) is 7.42. The summed E-state index contributed by atoms with van der Waals surface area (Å²) >= 11 is 0. The van der Waals surface area contributed by atoms with Crippen molar-refractivity contribution in [3.8, 4) is 0 Å². The second-order valence-electron chi connectivity index (χ2n) is 5.62.